The van der Waals surface area contributed by atoms with Gasteiger partial charge in [-0.05, 0) is 48.6 Å². The molecule has 1 fully saturated rings. The zero-order chi connectivity index (χ0) is 19.7. The van der Waals surface area contributed by atoms with Gasteiger partial charge >= 0.3 is 6.18 Å². The fourth-order valence-electron chi connectivity index (χ4n) is 3.24. The molecule has 1 unspecified atom stereocenters. The fourth-order valence-corrected chi connectivity index (χ4v) is 3.93. The molecule has 1 aliphatic heterocycles. The zero-order valence-electron chi connectivity index (χ0n) is 14.6. The van der Waals surface area contributed by atoms with Crippen LogP contribution in [0.1, 0.15) is 39.9 Å². The Labute approximate surface area is 162 Å². The summed E-state index contributed by atoms with van der Waals surface area (Å²) in [6, 6.07) is 8.24. The molecule has 2 aromatic heterocycles. The number of nitrogens with zero attached hydrogens (tertiary/aromatic N) is 3. The van der Waals surface area contributed by atoms with Crippen LogP contribution in [0.2, 0.25) is 0 Å². The van der Waals surface area contributed by atoms with Crippen molar-refractivity contribution in [3.8, 4) is 11.5 Å². The van der Waals surface area contributed by atoms with Crippen molar-refractivity contribution in [3.05, 3.63) is 58.1 Å². The Balaban J connectivity index is 1.48. The molecule has 0 spiro atoms. The number of amides is 1. The number of rotatable bonds is 3. The molecule has 0 bridgehead atoms. The summed E-state index contributed by atoms with van der Waals surface area (Å²) in [5.41, 5.74) is -0.305. The highest BCUT2D eigenvalue weighted by molar-refractivity contribution is 7.12. The number of benzene rings is 1. The Morgan fingerprint density at radius 1 is 1.18 bits per heavy atom. The van der Waals surface area contributed by atoms with Crippen molar-refractivity contribution in [2.24, 2.45) is 0 Å². The Morgan fingerprint density at radius 2 is 1.96 bits per heavy atom. The second-order valence-corrected chi connectivity index (χ2v) is 7.54. The van der Waals surface area contributed by atoms with Crippen LogP contribution in [0.15, 0.2) is 46.2 Å². The van der Waals surface area contributed by atoms with E-state index in [1.54, 1.807) is 11.0 Å². The van der Waals surface area contributed by atoms with Gasteiger partial charge in [0.2, 0.25) is 11.8 Å². The number of halogens is 3. The van der Waals surface area contributed by atoms with Crippen molar-refractivity contribution in [1.82, 2.24) is 15.1 Å². The fraction of sp³-hybridized carbons (Fsp3) is 0.316. The normalized spacial score (nSPS) is 17.7. The van der Waals surface area contributed by atoms with Crippen LogP contribution >= 0.6 is 11.3 Å². The summed E-state index contributed by atoms with van der Waals surface area (Å²) < 4.78 is 43.8. The van der Waals surface area contributed by atoms with Crippen LogP contribution in [-0.4, -0.2) is 34.1 Å². The molecule has 0 aliphatic carbocycles. The van der Waals surface area contributed by atoms with E-state index in [2.05, 4.69) is 10.2 Å². The van der Waals surface area contributed by atoms with Crippen molar-refractivity contribution in [3.63, 3.8) is 0 Å². The van der Waals surface area contributed by atoms with E-state index < -0.39 is 11.7 Å². The highest BCUT2D eigenvalue weighted by atomic mass is 32.1. The van der Waals surface area contributed by atoms with Gasteiger partial charge in [-0.1, -0.05) is 6.07 Å². The molecule has 3 heterocycles. The minimum Gasteiger partial charge on any atom is -0.420 e. The predicted molar refractivity (Wildman–Crippen MR) is 96.9 cm³/mol. The van der Waals surface area contributed by atoms with Gasteiger partial charge in [-0.3, -0.25) is 4.79 Å². The van der Waals surface area contributed by atoms with Gasteiger partial charge in [0.15, 0.2) is 0 Å². The van der Waals surface area contributed by atoms with Gasteiger partial charge in [0.1, 0.15) is 0 Å². The molecule has 0 saturated carbocycles. The van der Waals surface area contributed by atoms with E-state index in [9.17, 15) is 18.0 Å². The number of alkyl halides is 3. The summed E-state index contributed by atoms with van der Waals surface area (Å²) in [5, 5.41) is 9.91. The topological polar surface area (TPSA) is 59.2 Å². The number of carbonyl (C=O) groups is 1. The van der Waals surface area contributed by atoms with Crippen LogP contribution in [0.25, 0.3) is 11.5 Å². The second-order valence-electron chi connectivity index (χ2n) is 6.59. The summed E-state index contributed by atoms with van der Waals surface area (Å²) in [6.45, 7) is 1.15. The average Bonchev–Trinajstić information content (AvgIpc) is 3.39. The van der Waals surface area contributed by atoms with Gasteiger partial charge in [-0.2, -0.15) is 13.2 Å². The van der Waals surface area contributed by atoms with Crippen molar-refractivity contribution >= 4 is 17.2 Å². The molecule has 1 saturated heterocycles. The summed E-state index contributed by atoms with van der Waals surface area (Å²) in [6.07, 6.45) is -2.76. The lowest BCUT2D eigenvalue weighted by Crippen LogP contribution is -2.38. The average molecular weight is 407 g/mol. The summed E-state index contributed by atoms with van der Waals surface area (Å²) >= 11 is 1.40. The molecule has 146 valence electrons. The van der Waals surface area contributed by atoms with Gasteiger partial charge in [-0.25, -0.2) is 0 Å². The highest BCUT2D eigenvalue weighted by Crippen LogP contribution is 2.32. The van der Waals surface area contributed by atoms with Gasteiger partial charge in [0.25, 0.3) is 5.91 Å². The molecule has 3 aromatic rings. The minimum atomic E-state index is -4.39. The molecule has 0 radical (unpaired) electrons. The molecule has 1 amide bonds. The lowest BCUT2D eigenvalue weighted by atomic mass is 9.98. The number of carbonyl (C=O) groups excluding carboxylic acids is 1. The monoisotopic (exact) mass is 407 g/mol. The minimum absolute atomic E-state index is 0.0119. The molecule has 1 aromatic carbocycles. The SMILES string of the molecule is O=C(c1cccs1)N1CCCC(c2nnc(-c3ccc(C(F)(F)F)cc3)o2)C1. The number of piperidine rings is 1. The number of hydrogen-bond acceptors (Lipinski definition) is 5. The molecular weight excluding hydrogens is 391 g/mol. The Kier molecular flexibility index (Phi) is 4.92. The van der Waals surface area contributed by atoms with Crippen LogP contribution in [0.3, 0.4) is 0 Å². The predicted octanol–water partition coefficient (Wildman–Crippen LogP) is 4.84. The molecular formula is C19H16F3N3O2S. The van der Waals surface area contributed by atoms with Crippen molar-refractivity contribution in [2.45, 2.75) is 24.9 Å². The maximum atomic E-state index is 12.7. The first-order valence-electron chi connectivity index (χ1n) is 8.75. The number of aromatic nitrogens is 2. The summed E-state index contributed by atoms with van der Waals surface area (Å²) in [4.78, 5) is 15.0. The number of hydrogen-bond donors (Lipinski definition) is 0. The van der Waals surface area contributed by atoms with Gasteiger partial charge in [-0.15, -0.1) is 21.5 Å². The van der Waals surface area contributed by atoms with E-state index >= 15 is 0 Å². The third-order valence-electron chi connectivity index (χ3n) is 4.69. The second kappa shape index (κ2) is 7.38. The van der Waals surface area contributed by atoms with Crippen molar-refractivity contribution in [2.75, 3.05) is 13.1 Å². The summed E-state index contributed by atoms with van der Waals surface area (Å²) in [5.74, 6) is 0.472. The van der Waals surface area contributed by atoms with Gasteiger partial charge in [0.05, 0.1) is 16.4 Å². The maximum Gasteiger partial charge on any atom is 0.416 e. The van der Waals surface area contributed by atoms with E-state index in [0.717, 1.165) is 25.0 Å². The summed E-state index contributed by atoms with van der Waals surface area (Å²) in [7, 11) is 0. The zero-order valence-corrected chi connectivity index (χ0v) is 15.5. The molecule has 5 nitrogen and oxygen atoms in total. The maximum absolute atomic E-state index is 12.7. The molecule has 9 heteroatoms. The van der Waals surface area contributed by atoms with Crippen LogP contribution < -0.4 is 0 Å². The molecule has 1 aliphatic rings. The van der Waals surface area contributed by atoms with Crippen molar-refractivity contribution in [1.29, 1.82) is 0 Å². The standard InChI is InChI=1S/C19H16F3N3O2S/c20-19(21,22)14-7-5-12(6-8-14)16-23-24-17(27-16)13-3-1-9-25(11-13)18(26)15-4-2-10-28-15/h2,4-8,10,13H,1,3,9,11H2. The number of likely N-dealkylation sites (tertiary alicyclic amines) is 1. The van der Waals surface area contributed by atoms with Gasteiger partial charge in [0, 0.05) is 18.7 Å². The molecule has 28 heavy (non-hydrogen) atoms. The first-order chi connectivity index (χ1) is 13.4. The van der Waals surface area contributed by atoms with Crippen LogP contribution in [0, 0.1) is 0 Å². The highest BCUT2D eigenvalue weighted by Gasteiger charge is 2.31. The largest absolute Gasteiger partial charge is 0.420 e. The van der Waals surface area contributed by atoms with E-state index in [-0.39, 0.29) is 17.7 Å². The van der Waals surface area contributed by atoms with Crippen LogP contribution in [-0.2, 0) is 6.18 Å². The molecule has 1 atom stereocenters. The van der Waals surface area contributed by atoms with E-state index in [0.29, 0.717) is 29.4 Å². The Morgan fingerprint density at radius 3 is 2.64 bits per heavy atom. The number of thiophene rings is 1. The molecule has 0 N–H and O–H groups in total. The van der Waals surface area contributed by atoms with Gasteiger partial charge < -0.3 is 9.32 Å². The Hall–Kier alpha value is -2.68. The van der Waals surface area contributed by atoms with Crippen LogP contribution in [0.5, 0.6) is 0 Å². The van der Waals surface area contributed by atoms with Crippen molar-refractivity contribution < 1.29 is 22.4 Å². The first kappa shape index (κ1) is 18.7. The third kappa shape index (κ3) is 3.80. The Bertz CT molecular complexity index is 952. The quantitative estimate of drug-likeness (QED) is 0.624. The van der Waals surface area contributed by atoms with E-state index in [1.807, 2.05) is 11.4 Å². The van der Waals surface area contributed by atoms with E-state index in [1.165, 1.54) is 23.5 Å². The van der Waals surface area contributed by atoms with Crippen LogP contribution in [0.4, 0.5) is 13.2 Å². The lowest BCUT2D eigenvalue weighted by molar-refractivity contribution is -0.137. The smallest absolute Gasteiger partial charge is 0.416 e. The third-order valence-corrected chi connectivity index (χ3v) is 5.55. The molecule has 4 rings (SSSR count). The lowest BCUT2D eigenvalue weighted by Gasteiger charge is -2.30. The first-order valence-corrected chi connectivity index (χ1v) is 9.63. The van der Waals surface area contributed by atoms with E-state index in [4.69, 9.17) is 4.42 Å².